The number of thiophene rings is 1. The molecule has 0 aliphatic carbocycles. The molecule has 19 heavy (non-hydrogen) atoms. The summed E-state index contributed by atoms with van der Waals surface area (Å²) in [6.45, 7) is 3.87. The first-order valence-electron chi connectivity index (χ1n) is 5.74. The molecule has 1 aromatic carbocycles. The lowest BCUT2D eigenvalue weighted by molar-refractivity contribution is 0.0701. The summed E-state index contributed by atoms with van der Waals surface area (Å²) in [6.07, 6.45) is 0. The quantitative estimate of drug-likeness (QED) is 0.940. The minimum absolute atomic E-state index is 0.245. The molecule has 1 atom stereocenters. The molecule has 0 aliphatic heterocycles. The second kappa shape index (κ2) is 5.67. The summed E-state index contributed by atoms with van der Waals surface area (Å²) in [7, 11) is -1.22. The minimum atomic E-state index is -1.22. The molecule has 5 heteroatoms. The molecule has 1 heterocycles. The molecule has 1 unspecified atom stereocenters. The third kappa shape index (κ3) is 3.11. The standard InChI is InChI=1S/C14H14O3S2/c1-9-3-4-10(2)12(7-9)19(17)8-11-5-6-18-13(11)14(15)16/h3-7H,8H2,1-2H3,(H,15,16). The van der Waals surface area contributed by atoms with Crippen molar-refractivity contribution < 1.29 is 14.1 Å². The zero-order valence-corrected chi connectivity index (χ0v) is 12.3. The monoisotopic (exact) mass is 294 g/mol. The number of carboxylic acids is 1. The fourth-order valence-corrected chi connectivity index (χ4v) is 4.08. The average Bonchev–Trinajstić information content (AvgIpc) is 2.80. The van der Waals surface area contributed by atoms with Crippen molar-refractivity contribution in [3.63, 3.8) is 0 Å². The van der Waals surface area contributed by atoms with Gasteiger partial charge in [-0.3, -0.25) is 4.21 Å². The maximum atomic E-state index is 12.4. The molecule has 0 aliphatic rings. The lowest BCUT2D eigenvalue weighted by atomic mass is 10.2. The number of hydrogen-bond donors (Lipinski definition) is 1. The molecule has 0 fully saturated rings. The van der Waals surface area contributed by atoms with Crippen LogP contribution in [-0.4, -0.2) is 15.3 Å². The molecule has 0 saturated carbocycles. The van der Waals surface area contributed by atoms with E-state index in [9.17, 15) is 9.00 Å². The smallest absolute Gasteiger partial charge is 0.346 e. The van der Waals surface area contributed by atoms with Crippen molar-refractivity contribution in [1.29, 1.82) is 0 Å². The average molecular weight is 294 g/mol. The molecule has 0 bridgehead atoms. The first-order chi connectivity index (χ1) is 8.99. The highest BCUT2D eigenvalue weighted by Gasteiger charge is 2.16. The third-order valence-electron chi connectivity index (χ3n) is 2.82. The predicted molar refractivity (Wildman–Crippen MR) is 77.3 cm³/mol. The molecule has 3 nitrogen and oxygen atoms in total. The first-order valence-corrected chi connectivity index (χ1v) is 7.94. The fraction of sp³-hybridized carbons (Fsp3) is 0.214. The van der Waals surface area contributed by atoms with Crippen LogP contribution in [0.2, 0.25) is 0 Å². The van der Waals surface area contributed by atoms with Crippen LogP contribution in [0, 0.1) is 13.8 Å². The van der Waals surface area contributed by atoms with Gasteiger partial charge in [0.05, 0.1) is 16.6 Å². The molecule has 1 aromatic heterocycles. The van der Waals surface area contributed by atoms with Crippen molar-refractivity contribution in [3.05, 3.63) is 51.2 Å². The van der Waals surface area contributed by atoms with Gasteiger partial charge in [-0.1, -0.05) is 12.1 Å². The largest absolute Gasteiger partial charge is 0.477 e. The fourth-order valence-electron chi connectivity index (χ4n) is 1.81. The van der Waals surface area contributed by atoms with Crippen LogP contribution >= 0.6 is 11.3 Å². The third-order valence-corrected chi connectivity index (χ3v) is 5.26. The van der Waals surface area contributed by atoms with Crippen molar-refractivity contribution >= 4 is 28.1 Å². The van der Waals surface area contributed by atoms with Crippen LogP contribution in [0.3, 0.4) is 0 Å². The number of carboxylic acid groups (broad SMARTS) is 1. The molecular weight excluding hydrogens is 280 g/mol. The maximum absolute atomic E-state index is 12.4. The summed E-state index contributed by atoms with van der Waals surface area (Å²) in [5.74, 6) is -0.710. The highest BCUT2D eigenvalue weighted by atomic mass is 32.2. The van der Waals surface area contributed by atoms with Gasteiger partial charge in [-0.25, -0.2) is 4.79 Å². The van der Waals surface area contributed by atoms with Crippen molar-refractivity contribution in [2.24, 2.45) is 0 Å². The van der Waals surface area contributed by atoms with E-state index in [1.165, 1.54) is 11.3 Å². The Kier molecular flexibility index (Phi) is 4.17. The second-order valence-corrected chi connectivity index (χ2v) is 6.67. The van der Waals surface area contributed by atoms with Gasteiger partial charge < -0.3 is 5.11 Å². The predicted octanol–water partition coefficient (Wildman–Crippen LogP) is 3.37. The Morgan fingerprint density at radius 2 is 2.05 bits per heavy atom. The highest BCUT2D eigenvalue weighted by Crippen LogP contribution is 2.23. The van der Waals surface area contributed by atoms with E-state index >= 15 is 0 Å². The van der Waals surface area contributed by atoms with Gasteiger partial charge in [-0.15, -0.1) is 11.3 Å². The van der Waals surface area contributed by atoms with Gasteiger partial charge in [0.2, 0.25) is 0 Å². The Hall–Kier alpha value is -1.46. The summed E-state index contributed by atoms with van der Waals surface area (Å²) in [6, 6.07) is 7.55. The van der Waals surface area contributed by atoms with E-state index in [0.29, 0.717) is 5.56 Å². The van der Waals surface area contributed by atoms with Crippen molar-refractivity contribution in [2.75, 3.05) is 0 Å². The van der Waals surface area contributed by atoms with E-state index in [0.717, 1.165) is 16.0 Å². The Balaban J connectivity index is 2.28. The van der Waals surface area contributed by atoms with E-state index in [-0.39, 0.29) is 10.6 Å². The highest BCUT2D eigenvalue weighted by molar-refractivity contribution is 7.84. The minimum Gasteiger partial charge on any atom is -0.477 e. The van der Waals surface area contributed by atoms with Crippen molar-refractivity contribution in [2.45, 2.75) is 24.5 Å². The molecule has 0 amide bonds. The van der Waals surface area contributed by atoms with Crippen LogP contribution in [0.4, 0.5) is 0 Å². The molecule has 0 radical (unpaired) electrons. The Morgan fingerprint density at radius 1 is 1.32 bits per heavy atom. The van der Waals surface area contributed by atoms with E-state index < -0.39 is 16.8 Å². The SMILES string of the molecule is Cc1ccc(C)c(S(=O)Cc2ccsc2C(=O)O)c1. The second-order valence-electron chi connectivity index (χ2n) is 4.34. The van der Waals surface area contributed by atoms with E-state index in [1.54, 1.807) is 11.4 Å². The summed E-state index contributed by atoms with van der Waals surface area (Å²) in [5.41, 5.74) is 2.66. The number of aryl methyl sites for hydroxylation is 2. The zero-order valence-electron chi connectivity index (χ0n) is 10.7. The topological polar surface area (TPSA) is 54.4 Å². The van der Waals surface area contributed by atoms with E-state index in [4.69, 9.17) is 5.11 Å². The van der Waals surface area contributed by atoms with Crippen LogP contribution in [-0.2, 0) is 16.6 Å². The van der Waals surface area contributed by atoms with Gasteiger partial charge in [0.1, 0.15) is 4.88 Å². The lowest BCUT2D eigenvalue weighted by Crippen LogP contribution is -2.03. The van der Waals surface area contributed by atoms with Gasteiger partial charge >= 0.3 is 5.97 Å². The Labute approximate surface area is 118 Å². The van der Waals surface area contributed by atoms with E-state index in [2.05, 4.69) is 0 Å². The van der Waals surface area contributed by atoms with Crippen LogP contribution in [0.1, 0.15) is 26.4 Å². The number of aromatic carboxylic acids is 1. The molecule has 2 rings (SSSR count). The number of rotatable bonds is 4. The molecule has 1 N–H and O–H groups in total. The van der Waals surface area contributed by atoms with Gasteiger partial charge in [-0.2, -0.15) is 0 Å². The Bertz CT molecular complexity index is 644. The van der Waals surface area contributed by atoms with Crippen LogP contribution in [0.25, 0.3) is 0 Å². The zero-order chi connectivity index (χ0) is 14.0. The van der Waals surface area contributed by atoms with Crippen LogP contribution in [0.5, 0.6) is 0 Å². The van der Waals surface area contributed by atoms with Crippen LogP contribution in [0.15, 0.2) is 34.5 Å². The molecule has 0 spiro atoms. The van der Waals surface area contributed by atoms with Gasteiger partial charge in [0, 0.05) is 4.90 Å². The summed E-state index contributed by atoms with van der Waals surface area (Å²) in [4.78, 5) is 12.1. The lowest BCUT2D eigenvalue weighted by Gasteiger charge is -2.07. The van der Waals surface area contributed by atoms with Gasteiger partial charge in [-0.05, 0) is 48.1 Å². The summed E-state index contributed by atoms with van der Waals surface area (Å²) in [5, 5.41) is 10.8. The van der Waals surface area contributed by atoms with Crippen molar-refractivity contribution in [3.8, 4) is 0 Å². The molecular formula is C14H14O3S2. The molecule has 0 saturated heterocycles. The number of benzene rings is 1. The van der Waals surface area contributed by atoms with Crippen molar-refractivity contribution in [1.82, 2.24) is 0 Å². The Morgan fingerprint density at radius 3 is 2.74 bits per heavy atom. The van der Waals surface area contributed by atoms with Gasteiger partial charge in [0.25, 0.3) is 0 Å². The molecule has 100 valence electrons. The number of carbonyl (C=O) groups is 1. The first kappa shape index (κ1) is 14.0. The summed E-state index contributed by atoms with van der Waals surface area (Å²) >= 11 is 1.17. The maximum Gasteiger partial charge on any atom is 0.346 e. The van der Waals surface area contributed by atoms with Crippen LogP contribution < -0.4 is 0 Å². The number of hydrogen-bond acceptors (Lipinski definition) is 3. The normalized spacial score (nSPS) is 12.3. The van der Waals surface area contributed by atoms with Gasteiger partial charge in [0.15, 0.2) is 0 Å². The van der Waals surface area contributed by atoms with E-state index in [1.807, 2.05) is 32.0 Å². The molecule has 2 aromatic rings. The summed E-state index contributed by atoms with van der Waals surface area (Å²) < 4.78 is 12.4.